The topological polar surface area (TPSA) is 48.5 Å². The number of fused-ring (bicyclic) bond motifs is 1. The number of hydrogen-bond acceptors (Lipinski definition) is 4. The van der Waals surface area contributed by atoms with Crippen LogP contribution in [0, 0.1) is 0 Å². The Bertz CT molecular complexity index is 704. The Hall–Kier alpha value is -1.98. The van der Waals surface area contributed by atoms with Crippen LogP contribution in [0.3, 0.4) is 0 Å². The number of aromatic nitrogens is 1. The molecule has 5 heteroatoms. The number of nitrogens with zero attached hydrogens (tertiary/aromatic N) is 3. The molecule has 0 radical (unpaired) electrons. The zero-order valence-electron chi connectivity index (χ0n) is 15.2. The van der Waals surface area contributed by atoms with Gasteiger partial charge in [0.1, 0.15) is 0 Å². The number of hydrogen-bond donors (Lipinski definition) is 1. The molecule has 0 bridgehead atoms. The monoisotopic (exact) mass is 340 g/mol. The van der Waals surface area contributed by atoms with Gasteiger partial charge in [0.05, 0.1) is 12.1 Å². The van der Waals surface area contributed by atoms with Gasteiger partial charge in [0.2, 0.25) is 5.91 Å². The van der Waals surface area contributed by atoms with E-state index in [1.165, 1.54) is 10.9 Å². The van der Waals surface area contributed by atoms with E-state index in [0.717, 1.165) is 44.7 Å². The lowest BCUT2D eigenvalue weighted by Crippen LogP contribution is -2.49. The average Bonchev–Trinajstić information content (AvgIpc) is 2.63. The van der Waals surface area contributed by atoms with Crippen molar-refractivity contribution in [3.05, 3.63) is 42.1 Å². The van der Waals surface area contributed by atoms with Gasteiger partial charge in [-0.25, -0.2) is 0 Å². The van der Waals surface area contributed by atoms with E-state index in [0.29, 0.717) is 6.54 Å². The summed E-state index contributed by atoms with van der Waals surface area (Å²) >= 11 is 0. The summed E-state index contributed by atoms with van der Waals surface area (Å²) in [5.41, 5.74) is 2.38. The number of carbonyl (C=O) groups is 1. The van der Waals surface area contributed by atoms with Crippen molar-refractivity contribution in [3.63, 3.8) is 0 Å². The first-order valence-corrected chi connectivity index (χ1v) is 9.22. The minimum Gasteiger partial charge on any atom is -0.353 e. The number of para-hydroxylation sites is 1. The highest BCUT2D eigenvalue weighted by Crippen LogP contribution is 2.18. The SMILES string of the molecule is CCC(C)NC(=O)CN1CCN(Cc2cccc3cccnc23)CC1. The summed E-state index contributed by atoms with van der Waals surface area (Å²) in [5.74, 6) is 0.140. The maximum atomic E-state index is 12.0. The largest absolute Gasteiger partial charge is 0.353 e. The van der Waals surface area contributed by atoms with Crippen LogP contribution in [-0.4, -0.2) is 59.5 Å². The molecule has 1 atom stereocenters. The zero-order chi connectivity index (χ0) is 17.6. The molecule has 1 aromatic carbocycles. The van der Waals surface area contributed by atoms with Crippen LogP contribution >= 0.6 is 0 Å². The number of carbonyl (C=O) groups excluding carboxylic acids is 1. The number of piperazine rings is 1. The minimum atomic E-state index is 0.140. The van der Waals surface area contributed by atoms with Gasteiger partial charge in [-0.15, -0.1) is 0 Å². The van der Waals surface area contributed by atoms with E-state index in [4.69, 9.17) is 0 Å². The van der Waals surface area contributed by atoms with Crippen molar-refractivity contribution in [1.82, 2.24) is 20.1 Å². The van der Waals surface area contributed by atoms with Crippen molar-refractivity contribution < 1.29 is 4.79 Å². The van der Waals surface area contributed by atoms with Crippen LogP contribution in [-0.2, 0) is 11.3 Å². The van der Waals surface area contributed by atoms with E-state index < -0.39 is 0 Å². The van der Waals surface area contributed by atoms with Crippen LogP contribution < -0.4 is 5.32 Å². The zero-order valence-corrected chi connectivity index (χ0v) is 15.2. The van der Waals surface area contributed by atoms with Crippen LogP contribution in [0.25, 0.3) is 10.9 Å². The molecule has 1 aromatic heterocycles. The van der Waals surface area contributed by atoms with Gasteiger partial charge in [-0.1, -0.05) is 31.2 Å². The second-order valence-electron chi connectivity index (χ2n) is 6.92. The molecular weight excluding hydrogens is 312 g/mol. The lowest BCUT2D eigenvalue weighted by atomic mass is 10.1. The van der Waals surface area contributed by atoms with Crippen LogP contribution in [0.4, 0.5) is 0 Å². The van der Waals surface area contributed by atoms with Crippen molar-refractivity contribution in [2.45, 2.75) is 32.9 Å². The van der Waals surface area contributed by atoms with Gasteiger partial charge in [0.15, 0.2) is 0 Å². The quantitative estimate of drug-likeness (QED) is 0.876. The Morgan fingerprint density at radius 1 is 1.16 bits per heavy atom. The number of benzene rings is 1. The van der Waals surface area contributed by atoms with Gasteiger partial charge in [-0.3, -0.25) is 19.6 Å². The summed E-state index contributed by atoms with van der Waals surface area (Å²) in [4.78, 5) is 21.3. The highest BCUT2D eigenvalue weighted by Gasteiger charge is 2.20. The fourth-order valence-corrected chi connectivity index (χ4v) is 3.27. The van der Waals surface area contributed by atoms with Gasteiger partial charge >= 0.3 is 0 Å². The Morgan fingerprint density at radius 2 is 1.88 bits per heavy atom. The number of amides is 1. The van der Waals surface area contributed by atoms with E-state index in [9.17, 15) is 4.79 Å². The predicted octanol–water partition coefficient (Wildman–Crippen LogP) is 2.27. The van der Waals surface area contributed by atoms with Crippen molar-refractivity contribution in [2.24, 2.45) is 0 Å². The first-order valence-electron chi connectivity index (χ1n) is 9.22. The molecule has 2 heterocycles. The van der Waals surface area contributed by atoms with Crippen LogP contribution in [0.2, 0.25) is 0 Å². The molecule has 25 heavy (non-hydrogen) atoms. The molecule has 1 saturated heterocycles. The fraction of sp³-hybridized carbons (Fsp3) is 0.500. The lowest BCUT2D eigenvalue weighted by molar-refractivity contribution is -0.123. The summed E-state index contributed by atoms with van der Waals surface area (Å²) in [7, 11) is 0. The molecule has 2 aromatic rings. The lowest BCUT2D eigenvalue weighted by Gasteiger charge is -2.34. The molecular formula is C20H28N4O. The third-order valence-electron chi connectivity index (χ3n) is 4.96. The van der Waals surface area contributed by atoms with Gasteiger partial charge < -0.3 is 5.32 Å². The number of rotatable bonds is 6. The summed E-state index contributed by atoms with van der Waals surface area (Å²) in [6.45, 7) is 9.41. The molecule has 5 nitrogen and oxygen atoms in total. The van der Waals surface area contributed by atoms with E-state index in [1.807, 2.05) is 19.2 Å². The third kappa shape index (κ3) is 4.77. The molecule has 1 amide bonds. The van der Waals surface area contributed by atoms with E-state index in [-0.39, 0.29) is 11.9 Å². The fourth-order valence-electron chi connectivity index (χ4n) is 3.27. The number of pyridine rings is 1. The third-order valence-corrected chi connectivity index (χ3v) is 4.96. The van der Waals surface area contributed by atoms with E-state index >= 15 is 0 Å². The smallest absolute Gasteiger partial charge is 0.234 e. The standard InChI is InChI=1S/C20H28N4O/c1-3-16(2)22-19(25)15-24-12-10-23(11-13-24)14-18-7-4-6-17-8-5-9-21-20(17)18/h4-9,16H,3,10-15H2,1-2H3,(H,22,25). The molecule has 0 saturated carbocycles. The number of nitrogens with one attached hydrogen (secondary N) is 1. The van der Waals surface area contributed by atoms with Gasteiger partial charge in [-0.05, 0) is 25.0 Å². The van der Waals surface area contributed by atoms with E-state index in [1.54, 1.807) is 0 Å². The summed E-state index contributed by atoms with van der Waals surface area (Å²) in [5, 5.41) is 4.24. The normalized spacial score (nSPS) is 17.5. The van der Waals surface area contributed by atoms with E-state index in [2.05, 4.69) is 51.3 Å². The molecule has 1 unspecified atom stereocenters. The Labute approximate surface area is 150 Å². The van der Waals surface area contributed by atoms with Crippen molar-refractivity contribution in [1.29, 1.82) is 0 Å². The Balaban J connectivity index is 1.52. The molecule has 3 rings (SSSR count). The van der Waals surface area contributed by atoms with Crippen molar-refractivity contribution >= 4 is 16.8 Å². The van der Waals surface area contributed by atoms with Crippen LogP contribution in [0.1, 0.15) is 25.8 Å². The predicted molar refractivity (Wildman–Crippen MR) is 101 cm³/mol. The molecule has 1 aliphatic rings. The van der Waals surface area contributed by atoms with Gasteiger partial charge in [0.25, 0.3) is 0 Å². The van der Waals surface area contributed by atoms with Crippen molar-refractivity contribution in [3.8, 4) is 0 Å². The molecule has 1 aliphatic heterocycles. The maximum absolute atomic E-state index is 12.0. The van der Waals surface area contributed by atoms with Crippen molar-refractivity contribution in [2.75, 3.05) is 32.7 Å². The molecule has 1 N–H and O–H groups in total. The second kappa shape index (κ2) is 8.41. The first kappa shape index (κ1) is 17.8. The minimum absolute atomic E-state index is 0.140. The summed E-state index contributed by atoms with van der Waals surface area (Å²) in [6, 6.07) is 10.7. The molecule has 1 fully saturated rings. The summed E-state index contributed by atoms with van der Waals surface area (Å²) in [6.07, 6.45) is 2.83. The maximum Gasteiger partial charge on any atom is 0.234 e. The molecule has 0 aliphatic carbocycles. The Kier molecular flexibility index (Phi) is 6.00. The summed E-state index contributed by atoms with van der Waals surface area (Å²) < 4.78 is 0. The molecule has 0 spiro atoms. The Morgan fingerprint density at radius 3 is 2.64 bits per heavy atom. The van der Waals surface area contributed by atoms with Crippen LogP contribution in [0.15, 0.2) is 36.5 Å². The van der Waals surface area contributed by atoms with Crippen LogP contribution in [0.5, 0.6) is 0 Å². The van der Waals surface area contributed by atoms with Gasteiger partial charge in [0, 0.05) is 50.3 Å². The highest BCUT2D eigenvalue weighted by atomic mass is 16.2. The second-order valence-corrected chi connectivity index (χ2v) is 6.92. The molecule has 134 valence electrons. The van der Waals surface area contributed by atoms with Gasteiger partial charge in [-0.2, -0.15) is 0 Å². The first-order chi connectivity index (χ1) is 12.2. The average molecular weight is 340 g/mol. The highest BCUT2D eigenvalue weighted by molar-refractivity contribution is 5.81.